The predicted octanol–water partition coefficient (Wildman–Crippen LogP) is 0.473. The van der Waals surface area contributed by atoms with Gasteiger partial charge < -0.3 is 29.4 Å². The third-order valence-corrected chi connectivity index (χ3v) is 3.62. The van der Waals surface area contributed by atoms with Gasteiger partial charge in [0.25, 0.3) is 0 Å². The highest BCUT2D eigenvalue weighted by molar-refractivity contribution is 5.82. The zero-order valence-corrected chi connectivity index (χ0v) is 13.2. The Morgan fingerprint density at radius 1 is 1.50 bits per heavy atom. The Balaban J connectivity index is 2.18. The zero-order chi connectivity index (χ0) is 18.1. The minimum atomic E-state index is -5.10. The van der Waals surface area contributed by atoms with Crippen LogP contribution in [0.15, 0.2) is 12.7 Å². The van der Waals surface area contributed by atoms with Gasteiger partial charge in [-0.2, -0.15) is 13.2 Å². The van der Waals surface area contributed by atoms with Crippen LogP contribution in [-0.2, 0) is 23.7 Å². The van der Waals surface area contributed by atoms with Crippen LogP contribution in [0.2, 0.25) is 0 Å². The van der Waals surface area contributed by atoms with E-state index < -0.39 is 48.5 Å². The van der Waals surface area contributed by atoms with Crippen LogP contribution >= 0.6 is 0 Å². The molecule has 2 rings (SSSR count). The van der Waals surface area contributed by atoms with Gasteiger partial charge in [-0.1, -0.05) is 6.08 Å². The van der Waals surface area contributed by atoms with Crippen LogP contribution in [0.25, 0.3) is 0 Å². The summed E-state index contributed by atoms with van der Waals surface area (Å²) >= 11 is 0. The standard InChI is InChI=1S/C14H20F3NO6/c1-4-5-21-11-8(18-12(20)14(15,16)17)9(19)10-7(23-11)6-22-13(2,3)24-10/h4,7-11,19H,1,5-6H2,2-3H3,(H,18,20)/t7?,8-,9?,10?,11+/m1/s1. The Morgan fingerprint density at radius 3 is 2.75 bits per heavy atom. The number of hydrogen-bond acceptors (Lipinski definition) is 6. The lowest BCUT2D eigenvalue weighted by Crippen LogP contribution is -2.69. The molecule has 5 atom stereocenters. The van der Waals surface area contributed by atoms with Crippen molar-refractivity contribution in [3.8, 4) is 0 Å². The first-order valence-electron chi connectivity index (χ1n) is 7.30. The normalized spacial score (nSPS) is 35.8. The molecule has 3 unspecified atom stereocenters. The lowest BCUT2D eigenvalue weighted by atomic mass is 9.95. The number of carbonyl (C=O) groups excluding carboxylic acids is 1. The SMILES string of the molecule is C=CCO[C@H]1OC2COC(C)(C)OC2C(O)[C@H]1NC(=O)C(F)(F)F. The molecule has 2 saturated heterocycles. The number of amides is 1. The van der Waals surface area contributed by atoms with E-state index in [9.17, 15) is 23.1 Å². The summed E-state index contributed by atoms with van der Waals surface area (Å²) in [5.41, 5.74) is 0. The second-order valence-corrected chi connectivity index (χ2v) is 5.95. The van der Waals surface area contributed by atoms with Crippen LogP contribution in [0, 0.1) is 0 Å². The number of aliphatic hydroxyl groups is 1. The number of aliphatic hydroxyl groups excluding tert-OH is 1. The molecule has 0 spiro atoms. The molecule has 0 aromatic carbocycles. The summed E-state index contributed by atoms with van der Waals surface area (Å²) in [5.74, 6) is -3.24. The summed E-state index contributed by atoms with van der Waals surface area (Å²) in [6.07, 6.45) is -8.25. The van der Waals surface area contributed by atoms with Gasteiger partial charge in [0.1, 0.15) is 24.4 Å². The first-order chi connectivity index (χ1) is 11.0. The van der Waals surface area contributed by atoms with E-state index in [2.05, 4.69) is 6.58 Å². The largest absolute Gasteiger partial charge is 0.471 e. The van der Waals surface area contributed by atoms with Gasteiger partial charge >= 0.3 is 12.1 Å². The topological polar surface area (TPSA) is 86.2 Å². The van der Waals surface area contributed by atoms with Gasteiger partial charge in [0.15, 0.2) is 12.1 Å². The van der Waals surface area contributed by atoms with Gasteiger partial charge in [-0.25, -0.2) is 0 Å². The number of rotatable bonds is 4. The van der Waals surface area contributed by atoms with Gasteiger partial charge in [-0.15, -0.1) is 6.58 Å². The first-order valence-corrected chi connectivity index (χ1v) is 7.30. The predicted molar refractivity (Wildman–Crippen MR) is 73.7 cm³/mol. The minimum Gasteiger partial charge on any atom is -0.388 e. The van der Waals surface area contributed by atoms with E-state index in [0.29, 0.717) is 0 Å². The smallest absolute Gasteiger partial charge is 0.388 e. The number of hydrogen-bond donors (Lipinski definition) is 2. The van der Waals surface area contributed by atoms with Gasteiger partial charge in [0.05, 0.1) is 13.2 Å². The second-order valence-electron chi connectivity index (χ2n) is 5.95. The molecule has 2 N–H and O–H groups in total. The summed E-state index contributed by atoms with van der Waals surface area (Å²) in [4.78, 5) is 11.2. The van der Waals surface area contributed by atoms with Crippen molar-refractivity contribution in [2.75, 3.05) is 13.2 Å². The van der Waals surface area contributed by atoms with Gasteiger partial charge in [0, 0.05) is 0 Å². The number of alkyl halides is 3. The molecular formula is C14H20F3NO6. The molecule has 0 saturated carbocycles. The molecular weight excluding hydrogens is 335 g/mol. The molecule has 0 aliphatic carbocycles. The fourth-order valence-corrected chi connectivity index (χ4v) is 2.54. The number of nitrogens with one attached hydrogen (secondary N) is 1. The maximum atomic E-state index is 12.5. The average Bonchev–Trinajstić information content (AvgIpc) is 2.47. The molecule has 2 aliphatic heterocycles. The molecule has 138 valence electrons. The van der Waals surface area contributed by atoms with E-state index in [1.54, 1.807) is 19.2 Å². The van der Waals surface area contributed by atoms with E-state index in [4.69, 9.17) is 18.9 Å². The van der Waals surface area contributed by atoms with Crippen LogP contribution in [0.3, 0.4) is 0 Å². The van der Waals surface area contributed by atoms with E-state index in [1.165, 1.54) is 6.08 Å². The Hall–Kier alpha value is -1.20. The molecule has 2 heterocycles. The molecule has 1 amide bonds. The van der Waals surface area contributed by atoms with Crippen LogP contribution < -0.4 is 5.32 Å². The molecule has 24 heavy (non-hydrogen) atoms. The lowest BCUT2D eigenvalue weighted by Gasteiger charge is -2.49. The van der Waals surface area contributed by atoms with Crippen LogP contribution in [0.5, 0.6) is 0 Å². The Labute approximate surface area is 136 Å². The Bertz CT molecular complexity index is 484. The van der Waals surface area contributed by atoms with Crippen LogP contribution in [-0.4, -0.2) is 66.8 Å². The number of fused-ring (bicyclic) bond motifs is 1. The third kappa shape index (κ3) is 4.25. The first kappa shape index (κ1) is 19.1. The van der Waals surface area contributed by atoms with Gasteiger partial charge in [-0.3, -0.25) is 4.79 Å². The maximum absolute atomic E-state index is 12.5. The van der Waals surface area contributed by atoms with Crippen molar-refractivity contribution in [3.63, 3.8) is 0 Å². The van der Waals surface area contributed by atoms with E-state index in [1.807, 2.05) is 0 Å². The van der Waals surface area contributed by atoms with Crippen molar-refractivity contribution in [1.82, 2.24) is 5.32 Å². The van der Waals surface area contributed by atoms with Gasteiger partial charge in [-0.05, 0) is 13.8 Å². The van der Waals surface area contributed by atoms with E-state index in [0.717, 1.165) is 0 Å². The second kappa shape index (κ2) is 6.96. The number of halogens is 3. The quantitative estimate of drug-likeness (QED) is 0.713. The molecule has 2 aliphatic rings. The third-order valence-electron chi connectivity index (χ3n) is 3.62. The minimum absolute atomic E-state index is 0.0413. The summed E-state index contributed by atoms with van der Waals surface area (Å²) in [6, 6.07) is -1.46. The van der Waals surface area contributed by atoms with E-state index in [-0.39, 0.29) is 13.2 Å². The summed E-state index contributed by atoms with van der Waals surface area (Å²) < 4.78 is 59.3. The van der Waals surface area contributed by atoms with E-state index >= 15 is 0 Å². The molecule has 10 heteroatoms. The fraction of sp³-hybridized carbons (Fsp3) is 0.786. The number of carbonyl (C=O) groups is 1. The molecule has 7 nitrogen and oxygen atoms in total. The van der Waals surface area contributed by atoms with Gasteiger partial charge in [0.2, 0.25) is 0 Å². The highest BCUT2D eigenvalue weighted by atomic mass is 19.4. The van der Waals surface area contributed by atoms with Crippen LogP contribution in [0.1, 0.15) is 13.8 Å². The molecule has 0 aromatic rings. The Kier molecular flexibility index (Phi) is 5.55. The monoisotopic (exact) mass is 355 g/mol. The van der Waals surface area contributed by atoms with Crippen molar-refractivity contribution in [3.05, 3.63) is 12.7 Å². The average molecular weight is 355 g/mol. The fourth-order valence-electron chi connectivity index (χ4n) is 2.54. The highest BCUT2D eigenvalue weighted by Crippen LogP contribution is 2.33. The Morgan fingerprint density at radius 2 is 2.17 bits per heavy atom. The molecule has 0 radical (unpaired) electrons. The summed E-state index contributed by atoms with van der Waals surface area (Å²) in [6.45, 7) is 6.64. The van der Waals surface area contributed by atoms with Crippen LogP contribution in [0.4, 0.5) is 13.2 Å². The van der Waals surface area contributed by atoms with Crippen molar-refractivity contribution in [1.29, 1.82) is 0 Å². The summed E-state index contributed by atoms with van der Waals surface area (Å²) in [7, 11) is 0. The van der Waals surface area contributed by atoms with Crippen molar-refractivity contribution >= 4 is 5.91 Å². The summed E-state index contributed by atoms with van der Waals surface area (Å²) in [5, 5.41) is 12.1. The van der Waals surface area contributed by atoms with Crippen molar-refractivity contribution in [2.24, 2.45) is 0 Å². The molecule has 2 fully saturated rings. The number of ether oxygens (including phenoxy) is 4. The molecule has 0 bridgehead atoms. The lowest BCUT2D eigenvalue weighted by molar-refractivity contribution is -0.368. The zero-order valence-electron chi connectivity index (χ0n) is 13.2. The van der Waals surface area contributed by atoms with Crippen molar-refractivity contribution in [2.45, 2.75) is 56.5 Å². The highest BCUT2D eigenvalue weighted by Gasteiger charge is 2.53. The maximum Gasteiger partial charge on any atom is 0.471 e. The molecule has 0 aromatic heterocycles. The van der Waals surface area contributed by atoms with Crippen molar-refractivity contribution < 1.29 is 42.0 Å².